The van der Waals surface area contributed by atoms with Gasteiger partial charge in [0.15, 0.2) is 0 Å². The molecule has 6 nitrogen and oxygen atoms in total. The first-order valence-corrected chi connectivity index (χ1v) is 11.9. The topological polar surface area (TPSA) is 101 Å². The van der Waals surface area contributed by atoms with Crippen molar-refractivity contribution in [2.75, 3.05) is 6.54 Å². The number of hydrogen-bond donors (Lipinski definition) is 3. The Morgan fingerprint density at radius 3 is 2.06 bits per heavy atom. The second-order valence-corrected chi connectivity index (χ2v) is 10.00. The molecule has 0 saturated carbocycles. The maximum absolute atomic E-state index is 13.2. The Hall–Kier alpha value is -2.21. The highest BCUT2D eigenvalue weighted by Crippen LogP contribution is 2.17. The molecule has 0 heterocycles. The van der Waals surface area contributed by atoms with E-state index in [-0.39, 0.29) is 29.9 Å². The first-order valence-electron chi connectivity index (χ1n) is 11.9. The van der Waals surface area contributed by atoms with E-state index in [0.29, 0.717) is 31.2 Å². The summed E-state index contributed by atoms with van der Waals surface area (Å²) in [4.78, 5) is 38.7. The number of ketones is 1. The Labute approximate surface area is 194 Å². The fraction of sp³-hybridized carbons (Fsp3) is 0.654. The zero-order chi connectivity index (χ0) is 24.3. The van der Waals surface area contributed by atoms with Crippen molar-refractivity contribution in [2.45, 2.75) is 79.3 Å². The minimum Gasteiger partial charge on any atom is -0.354 e. The molecule has 0 aliphatic carbocycles. The SMILES string of the molecule is CC(C)CCNC(=O)[C@@H](NC(=O)[C@H](CC(=O)[C@@H](N)CC(C)C)Cc1ccccc1)C(C)C. The van der Waals surface area contributed by atoms with Crippen LogP contribution in [-0.4, -0.2) is 36.2 Å². The number of carbonyl (C=O) groups excluding carboxylic acids is 3. The van der Waals surface area contributed by atoms with Gasteiger partial charge in [0, 0.05) is 18.9 Å². The normalized spacial score (nSPS) is 14.3. The molecular weight excluding hydrogens is 402 g/mol. The van der Waals surface area contributed by atoms with Gasteiger partial charge in [0.2, 0.25) is 11.8 Å². The number of Topliss-reactive ketones (excluding diaryl/α,β-unsaturated/α-hetero) is 1. The van der Waals surface area contributed by atoms with E-state index >= 15 is 0 Å². The number of amides is 2. The van der Waals surface area contributed by atoms with E-state index < -0.39 is 18.0 Å². The molecule has 6 heteroatoms. The monoisotopic (exact) mass is 445 g/mol. The van der Waals surface area contributed by atoms with Gasteiger partial charge in [0.05, 0.1) is 6.04 Å². The summed E-state index contributed by atoms with van der Waals surface area (Å²) in [5.74, 6) is -0.444. The zero-order valence-electron chi connectivity index (χ0n) is 20.7. The Bertz CT molecular complexity index is 716. The molecule has 3 atom stereocenters. The maximum Gasteiger partial charge on any atom is 0.242 e. The first-order chi connectivity index (χ1) is 15.0. The molecule has 0 aliphatic rings. The number of nitrogens with one attached hydrogen (secondary N) is 2. The van der Waals surface area contributed by atoms with Crippen molar-refractivity contribution in [3.8, 4) is 0 Å². The van der Waals surface area contributed by atoms with Gasteiger partial charge in [0.25, 0.3) is 0 Å². The van der Waals surface area contributed by atoms with Crippen molar-refractivity contribution < 1.29 is 14.4 Å². The summed E-state index contributed by atoms with van der Waals surface area (Å²) in [5.41, 5.74) is 7.06. The van der Waals surface area contributed by atoms with Gasteiger partial charge in [-0.2, -0.15) is 0 Å². The minimum atomic E-state index is -0.646. The Balaban J connectivity index is 2.93. The third-order valence-corrected chi connectivity index (χ3v) is 5.55. The van der Waals surface area contributed by atoms with Crippen molar-refractivity contribution in [1.29, 1.82) is 0 Å². The van der Waals surface area contributed by atoms with Gasteiger partial charge in [-0.15, -0.1) is 0 Å². The van der Waals surface area contributed by atoms with Gasteiger partial charge in [-0.05, 0) is 42.6 Å². The number of rotatable bonds is 14. The highest BCUT2D eigenvalue weighted by atomic mass is 16.2. The molecule has 32 heavy (non-hydrogen) atoms. The lowest BCUT2D eigenvalue weighted by Gasteiger charge is -2.25. The second kappa shape index (κ2) is 14.0. The summed E-state index contributed by atoms with van der Waals surface area (Å²) >= 11 is 0. The lowest BCUT2D eigenvalue weighted by molar-refractivity contribution is -0.134. The lowest BCUT2D eigenvalue weighted by atomic mass is 9.89. The van der Waals surface area contributed by atoms with E-state index in [1.54, 1.807) is 0 Å². The van der Waals surface area contributed by atoms with Crippen molar-refractivity contribution in [1.82, 2.24) is 10.6 Å². The smallest absolute Gasteiger partial charge is 0.242 e. The Morgan fingerprint density at radius 1 is 0.906 bits per heavy atom. The maximum atomic E-state index is 13.2. The number of carbonyl (C=O) groups is 3. The van der Waals surface area contributed by atoms with Gasteiger partial charge >= 0.3 is 0 Å². The van der Waals surface area contributed by atoms with Crippen LogP contribution in [0.4, 0.5) is 0 Å². The molecule has 0 aliphatic heterocycles. The molecule has 1 rings (SSSR count). The van der Waals surface area contributed by atoms with Crippen LogP contribution in [0.25, 0.3) is 0 Å². The Kier molecular flexibility index (Phi) is 12.2. The standard InChI is InChI=1S/C26H43N3O3/c1-17(2)12-13-28-26(32)24(19(5)6)29-25(31)21(15-20-10-8-7-9-11-20)16-23(30)22(27)14-18(3)4/h7-11,17-19,21-22,24H,12-16,27H2,1-6H3,(H,28,32)(H,29,31)/t21-,22-,24-/m0/s1. The number of nitrogens with two attached hydrogens (primary N) is 1. The summed E-state index contributed by atoms with van der Waals surface area (Å²) < 4.78 is 0. The molecule has 0 bridgehead atoms. The molecule has 2 amide bonds. The summed E-state index contributed by atoms with van der Waals surface area (Å²) in [7, 11) is 0. The lowest BCUT2D eigenvalue weighted by Crippen LogP contribution is -2.52. The zero-order valence-corrected chi connectivity index (χ0v) is 20.7. The second-order valence-electron chi connectivity index (χ2n) is 10.00. The van der Waals surface area contributed by atoms with Gasteiger partial charge in [-0.3, -0.25) is 14.4 Å². The fourth-order valence-corrected chi connectivity index (χ4v) is 3.59. The van der Waals surface area contributed by atoms with Crippen LogP contribution in [0.1, 0.15) is 66.4 Å². The van der Waals surface area contributed by atoms with Crippen molar-refractivity contribution in [3.05, 3.63) is 35.9 Å². The molecule has 0 spiro atoms. The molecule has 0 fully saturated rings. The molecule has 0 saturated heterocycles. The van der Waals surface area contributed by atoms with E-state index in [0.717, 1.165) is 12.0 Å². The molecule has 0 unspecified atom stereocenters. The van der Waals surface area contributed by atoms with Crippen LogP contribution in [0.2, 0.25) is 0 Å². The highest BCUT2D eigenvalue weighted by Gasteiger charge is 2.30. The summed E-state index contributed by atoms with van der Waals surface area (Å²) in [6.07, 6.45) is 1.95. The molecule has 1 aromatic rings. The average Bonchev–Trinajstić information content (AvgIpc) is 2.70. The number of hydrogen-bond acceptors (Lipinski definition) is 4. The molecule has 180 valence electrons. The predicted octanol–water partition coefficient (Wildman–Crippen LogP) is 3.48. The van der Waals surface area contributed by atoms with Crippen LogP contribution in [0.3, 0.4) is 0 Å². The van der Waals surface area contributed by atoms with Crippen LogP contribution in [0, 0.1) is 23.7 Å². The van der Waals surface area contributed by atoms with E-state index in [9.17, 15) is 14.4 Å². The van der Waals surface area contributed by atoms with Crippen LogP contribution in [0.5, 0.6) is 0 Å². The van der Waals surface area contributed by atoms with E-state index in [1.165, 1.54) is 0 Å². The molecule has 1 aromatic carbocycles. The first kappa shape index (κ1) is 27.8. The quantitative estimate of drug-likeness (QED) is 0.408. The predicted molar refractivity (Wildman–Crippen MR) is 130 cm³/mol. The van der Waals surface area contributed by atoms with Crippen molar-refractivity contribution in [2.24, 2.45) is 29.4 Å². The average molecular weight is 446 g/mol. The van der Waals surface area contributed by atoms with Crippen LogP contribution < -0.4 is 16.4 Å². The highest BCUT2D eigenvalue weighted by molar-refractivity contribution is 5.92. The van der Waals surface area contributed by atoms with E-state index in [1.807, 2.05) is 58.0 Å². The fourth-order valence-electron chi connectivity index (χ4n) is 3.59. The van der Waals surface area contributed by atoms with E-state index in [2.05, 4.69) is 24.5 Å². The van der Waals surface area contributed by atoms with Crippen molar-refractivity contribution >= 4 is 17.6 Å². The van der Waals surface area contributed by atoms with Gasteiger partial charge in [-0.25, -0.2) is 0 Å². The summed E-state index contributed by atoms with van der Waals surface area (Å²) in [5, 5.41) is 5.85. The summed E-state index contributed by atoms with van der Waals surface area (Å²) in [6.45, 7) is 12.6. The third kappa shape index (κ3) is 10.4. The van der Waals surface area contributed by atoms with Gasteiger partial charge in [-0.1, -0.05) is 71.9 Å². The molecule has 0 aromatic heterocycles. The summed E-state index contributed by atoms with van der Waals surface area (Å²) in [6, 6.07) is 8.40. The van der Waals surface area contributed by atoms with Crippen molar-refractivity contribution in [3.63, 3.8) is 0 Å². The number of benzene rings is 1. The van der Waals surface area contributed by atoms with Crippen LogP contribution in [0.15, 0.2) is 30.3 Å². The Morgan fingerprint density at radius 2 is 1.53 bits per heavy atom. The van der Waals surface area contributed by atoms with Crippen LogP contribution in [-0.2, 0) is 20.8 Å². The van der Waals surface area contributed by atoms with Gasteiger partial charge < -0.3 is 16.4 Å². The minimum absolute atomic E-state index is 0.0639. The van der Waals surface area contributed by atoms with Gasteiger partial charge in [0.1, 0.15) is 11.8 Å². The van der Waals surface area contributed by atoms with E-state index in [4.69, 9.17) is 5.73 Å². The third-order valence-electron chi connectivity index (χ3n) is 5.55. The molecule has 4 N–H and O–H groups in total. The van der Waals surface area contributed by atoms with Crippen LogP contribution >= 0.6 is 0 Å². The molecule has 0 radical (unpaired) electrons. The molecular formula is C26H43N3O3. The largest absolute Gasteiger partial charge is 0.354 e.